The maximum atomic E-state index is 11.7. The standard InChI is InChI=1S/C13H10O4/c14-9-5-7-10(8-6-9)17-13(16)11-3-1-2-4-12(11)15/h1-8,14-15H. The molecule has 4 nitrogen and oxygen atoms in total. The van der Waals surface area contributed by atoms with Gasteiger partial charge < -0.3 is 14.9 Å². The molecule has 86 valence electrons. The summed E-state index contributed by atoms with van der Waals surface area (Å²) in [4.78, 5) is 11.7. The second-order valence-electron chi connectivity index (χ2n) is 3.40. The van der Waals surface area contributed by atoms with Gasteiger partial charge >= 0.3 is 5.97 Å². The molecule has 2 aromatic rings. The maximum absolute atomic E-state index is 11.7. The van der Waals surface area contributed by atoms with Crippen LogP contribution in [0.4, 0.5) is 0 Å². The molecule has 2 N–H and O–H groups in total. The summed E-state index contributed by atoms with van der Waals surface area (Å²) in [6, 6.07) is 11.9. The van der Waals surface area contributed by atoms with Gasteiger partial charge in [-0.25, -0.2) is 4.79 Å². The molecular weight excluding hydrogens is 220 g/mol. The van der Waals surface area contributed by atoms with E-state index < -0.39 is 5.97 Å². The molecule has 0 spiro atoms. The first kappa shape index (κ1) is 11.0. The van der Waals surface area contributed by atoms with E-state index in [1.54, 1.807) is 12.1 Å². The number of aromatic hydroxyl groups is 2. The van der Waals surface area contributed by atoms with Gasteiger partial charge in [0, 0.05) is 0 Å². The average Bonchev–Trinajstić information content (AvgIpc) is 2.32. The second-order valence-corrected chi connectivity index (χ2v) is 3.40. The summed E-state index contributed by atoms with van der Waals surface area (Å²) in [5.74, 6) is -0.381. The number of rotatable bonds is 2. The lowest BCUT2D eigenvalue weighted by Crippen LogP contribution is -2.08. The highest BCUT2D eigenvalue weighted by Crippen LogP contribution is 2.20. The van der Waals surface area contributed by atoms with E-state index in [1.807, 2.05) is 0 Å². The van der Waals surface area contributed by atoms with Gasteiger partial charge in [-0.05, 0) is 36.4 Å². The van der Waals surface area contributed by atoms with Crippen molar-refractivity contribution >= 4 is 5.97 Å². The molecule has 0 aliphatic heterocycles. The Bertz CT molecular complexity index is 531. The van der Waals surface area contributed by atoms with Crippen molar-refractivity contribution in [1.82, 2.24) is 0 Å². The molecule has 0 atom stereocenters. The second kappa shape index (κ2) is 4.57. The first-order valence-corrected chi connectivity index (χ1v) is 4.96. The number of esters is 1. The molecule has 17 heavy (non-hydrogen) atoms. The Balaban J connectivity index is 2.17. The molecule has 0 aliphatic carbocycles. The van der Waals surface area contributed by atoms with Crippen molar-refractivity contribution in [2.45, 2.75) is 0 Å². The Morgan fingerprint density at radius 2 is 1.59 bits per heavy atom. The number of para-hydroxylation sites is 1. The van der Waals surface area contributed by atoms with E-state index >= 15 is 0 Å². The molecule has 2 rings (SSSR count). The van der Waals surface area contributed by atoms with Crippen molar-refractivity contribution in [2.75, 3.05) is 0 Å². The van der Waals surface area contributed by atoms with Crippen LogP contribution in [0, 0.1) is 0 Å². The molecule has 2 aromatic carbocycles. The van der Waals surface area contributed by atoms with E-state index in [9.17, 15) is 9.90 Å². The largest absolute Gasteiger partial charge is 0.508 e. The third-order valence-electron chi connectivity index (χ3n) is 2.17. The van der Waals surface area contributed by atoms with Crippen molar-refractivity contribution in [3.63, 3.8) is 0 Å². The first-order valence-electron chi connectivity index (χ1n) is 4.96. The zero-order chi connectivity index (χ0) is 12.3. The molecule has 0 unspecified atom stereocenters. The normalized spacial score (nSPS) is 9.88. The SMILES string of the molecule is O=C(Oc1ccc(O)cc1)c1ccccc1O. The van der Waals surface area contributed by atoms with E-state index in [0.717, 1.165) is 0 Å². The minimum atomic E-state index is -0.645. The molecule has 0 aliphatic rings. The quantitative estimate of drug-likeness (QED) is 0.613. The highest BCUT2D eigenvalue weighted by Gasteiger charge is 2.12. The Hall–Kier alpha value is -2.49. The zero-order valence-electron chi connectivity index (χ0n) is 8.83. The van der Waals surface area contributed by atoms with Crippen LogP contribution in [0.1, 0.15) is 10.4 Å². The number of phenolic OH excluding ortho intramolecular Hbond substituents is 2. The van der Waals surface area contributed by atoms with Crippen molar-refractivity contribution in [2.24, 2.45) is 0 Å². The van der Waals surface area contributed by atoms with E-state index in [4.69, 9.17) is 9.84 Å². The molecule has 0 bridgehead atoms. The van der Waals surface area contributed by atoms with Crippen molar-refractivity contribution < 1.29 is 19.7 Å². The van der Waals surface area contributed by atoms with Gasteiger partial charge in [-0.3, -0.25) is 0 Å². The lowest BCUT2D eigenvalue weighted by molar-refractivity contribution is 0.0731. The van der Waals surface area contributed by atoms with Crippen LogP contribution >= 0.6 is 0 Å². The van der Waals surface area contributed by atoms with E-state index in [-0.39, 0.29) is 17.1 Å². The third-order valence-corrected chi connectivity index (χ3v) is 2.17. The number of phenols is 2. The van der Waals surface area contributed by atoms with Crippen molar-refractivity contribution in [3.8, 4) is 17.2 Å². The van der Waals surface area contributed by atoms with Gasteiger partial charge in [0.2, 0.25) is 0 Å². The lowest BCUT2D eigenvalue weighted by Gasteiger charge is -2.05. The summed E-state index contributed by atoms with van der Waals surface area (Å²) in [5, 5.41) is 18.5. The molecule has 4 heteroatoms. The van der Waals surface area contributed by atoms with Crippen LogP contribution in [-0.4, -0.2) is 16.2 Å². The summed E-state index contributed by atoms with van der Waals surface area (Å²) in [5.41, 5.74) is 0.0978. The van der Waals surface area contributed by atoms with Gasteiger partial charge in [-0.1, -0.05) is 12.1 Å². The molecule has 0 heterocycles. The molecule has 0 saturated heterocycles. The highest BCUT2D eigenvalue weighted by atomic mass is 16.5. The number of benzene rings is 2. The van der Waals surface area contributed by atoms with Gasteiger partial charge in [0.05, 0.1) is 0 Å². The van der Waals surface area contributed by atoms with Gasteiger partial charge in [-0.2, -0.15) is 0 Å². The van der Waals surface area contributed by atoms with Crippen LogP contribution in [0.5, 0.6) is 17.2 Å². The number of hydrogen-bond donors (Lipinski definition) is 2. The predicted octanol–water partition coefficient (Wildman–Crippen LogP) is 2.32. The summed E-state index contributed by atoms with van der Waals surface area (Å²) in [7, 11) is 0. The molecule has 0 saturated carbocycles. The fourth-order valence-electron chi connectivity index (χ4n) is 1.32. The van der Waals surface area contributed by atoms with Crippen LogP contribution in [-0.2, 0) is 0 Å². The van der Waals surface area contributed by atoms with Crippen molar-refractivity contribution in [1.29, 1.82) is 0 Å². The van der Waals surface area contributed by atoms with Crippen LogP contribution < -0.4 is 4.74 Å². The van der Waals surface area contributed by atoms with Gasteiger partial charge in [0.25, 0.3) is 0 Å². The summed E-state index contributed by atoms with van der Waals surface area (Å²) < 4.78 is 5.03. The minimum absolute atomic E-state index is 0.0901. The average molecular weight is 230 g/mol. The number of carbonyl (C=O) groups excluding carboxylic acids is 1. The zero-order valence-corrected chi connectivity index (χ0v) is 8.83. The first-order chi connectivity index (χ1) is 8.16. The molecular formula is C13H10O4. The maximum Gasteiger partial charge on any atom is 0.347 e. The Morgan fingerprint density at radius 1 is 0.941 bits per heavy atom. The number of hydrogen-bond acceptors (Lipinski definition) is 4. The topological polar surface area (TPSA) is 66.8 Å². The van der Waals surface area contributed by atoms with Crippen LogP contribution in [0.15, 0.2) is 48.5 Å². The number of ether oxygens (including phenoxy) is 1. The van der Waals surface area contributed by atoms with Gasteiger partial charge in [0.1, 0.15) is 22.8 Å². The van der Waals surface area contributed by atoms with Gasteiger partial charge in [-0.15, -0.1) is 0 Å². The monoisotopic (exact) mass is 230 g/mol. The Labute approximate surface area is 97.7 Å². The fraction of sp³-hybridized carbons (Fsp3) is 0. The summed E-state index contributed by atoms with van der Waals surface area (Å²) >= 11 is 0. The van der Waals surface area contributed by atoms with Crippen LogP contribution in [0.25, 0.3) is 0 Å². The minimum Gasteiger partial charge on any atom is -0.508 e. The van der Waals surface area contributed by atoms with Crippen LogP contribution in [0.2, 0.25) is 0 Å². The smallest absolute Gasteiger partial charge is 0.347 e. The predicted molar refractivity (Wildman–Crippen MR) is 61.2 cm³/mol. The number of carbonyl (C=O) groups is 1. The molecule has 0 aromatic heterocycles. The van der Waals surface area contributed by atoms with Crippen LogP contribution in [0.3, 0.4) is 0 Å². The molecule has 0 fully saturated rings. The van der Waals surface area contributed by atoms with E-state index in [0.29, 0.717) is 5.75 Å². The molecule has 0 radical (unpaired) electrons. The van der Waals surface area contributed by atoms with E-state index in [1.165, 1.54) is 36.4 Å². The molecule has 0 amide bonds. The summed E-state index contributed by atoms with van der Waals surface area (Å²) in [6.07, 6.45) is 0. The highest BCUT2D eigenvalue weighted by molar-refractivity contribution is 5.93. The fourth-order valence-corrected chi connectivity index (χ4v) is 1.32. The Morgan fingerprint density at radius 3 is 2.24 bits per heavy atom. The Kier molecular flexibility index (Phi) is 2.96. The lowest BCUT2D eigenvalue weighted by atomic mass is 10.2. The van der Waals surface area contributed by atoms with Gasteiger partial charge in [0.15, 0.2) is 0 Å². The third kappa shape index (κ3) is 2.55. The summed E-state index contributed by atoms with van der Waals surface area (Å²) in [6.45, 7) is 0. The van der Waals surface area contributed by atoms with E-state index in [2.05, 4.69) is 0 Å². The van der Waals surface area contributed by atoms with Crippen molar-refractivity contribution in [3.05, 3.63) is 54.1 Å².